The molecule has 0 saturated heterocycles. The van der Waals surface area contributed by atoms with Crippen molar-refractivity contribution in [2.75, 3.05) is 18.5 Å². The molecule has 0 bridgehead atoms. The van der Waals surface area contributed by atoms with Crippen molar-refractivity contribution in [2.24, 2.45) is 0 Å². The molecule has 0 aliphatic rings. The van der Waals surface area contributed by atoms with Gasteiger partial charge in [0.05, 0.1) is 11.2 Å². The van der Waals surface area contributed by atoms with Gasteiger partial charge in [0.1, 0.15) is 5.52 Å². The highest BCUT2D eigenvalue weighted by molar-refractivity contribution is 5.88. The lowest BCUT2D eigenvalue weighted by atomic mass is 10.3. The maximum absolute atomic E-state index is 4.34. The molecule has 2 heterocycles. The Labute approximate surface area is 77.4 Å². The molecule has 3 heteroatoms. The number of fused-ring (bicyclic) bond motifs is 1. The van der Waals surface area contributed by atoms with Crippen LogP contribution in [0.25, 0.3) is 11.0 Å². The van der Waals surface area contributed by atoms with E-state index in [1.54, 1.807) is 0 Å². The van der Waals surface area contributed by atoms with E-state index in [-0.39, 0.29) is 0 Å². The summed E-state index contributed by atoms with van der Waals surface area (Å²) in [6, 6.07) is 3.98. The van der Waals surface area contributed by atoms with Crippen molar-refractivity contribution in [3.63, 3.8) is 0 Å². The van der Waals surface area contributed by atoms with E-state index in [1.807, 2.05) is 24.5 Å². The van der Waals surface area contributed by atoms with Crippen LogP contribution in [-0.4, -0.2) is 23.6 Å². The van der Waals surface area contributed by atoms with Crippen LogP contribution < -0.4 is 4.90 Å². The molecule has 2 aromatic rings. The second-order valence-electron chi connectivity index (χ2n) is 3.09. The van der Waals surface area contributed by atoms with Crippen molar-refractivity contribution in [1.29, 1.82) is 0 Å². The Morgan fingerprint density at radius 2 is 2.38 bits per heavy atom. The third kappa shape index (κ3) is 1.26. The zero-order chi connectivity index (χ0) is 9.26. The predicted molar refractivity (Wildman–Crippen MR) is 55.0 cm³/mol. The summed E-state index contributed by atoms with van der Waals surface area (Å²) in [7, 11) is 2.07. The zero-order valence-electron chi connectivity index (χ0n) is 7.91. The Morgan fingerprint density at radius 1 is 1.54 bits per heavy atom. The van der Waals surface area contributed by atoms with E-state index in [0.29, 0.717) is 0 Å². The topological polar surface area (TPSA) is 31.9 Å². The van der Waals surface area contributed by atoms with Gasteiger partial charge in [0.15, 0.2) is 0 Å². The Morgan fingerprint density at radius 3 is 3.15 bits per heavy atom. The standard InChI is InChI=1S/C10H13N3/c1-3-13(2)9-7-12-8-5-4-6-11-10(8)9/h4-7,12H,3H2,1-2H3. The minimum absolute atomic E-state index is 0.990. The number of nitrogens with one attached hydrogen (secondary N) is 1. The summed E-state index contributed by atoms with van der Waals surface area (Å²) in [5.41, 5.74) is 3.31. The van der Waals surface area contributed by atoms with Crippen LogP contribution in [0.2, 0.25) is 0 Å². The highest BCUT2D eigenvalue weighted by Gasteiger charge is 2.06. The maximum Gasteiger partial charge on any atom is 0.111 e. The van der Waals surface area contributed by atoms with Crippen molar-refractivity contribution < 1.29 is 0 Å². The van der Waals surface area contributed by atoms with Crippen LogP contribution in [-0.2, 0) is 0 Å². The number of hydrogen-bond donors (Lipinski definition) is 1. The quantitative estimate of drug-likeness (QED) is 0.757. The second-order valence-corrected chi connectivity index (χ2v) is 3.09. The van der Waals surface area contributed by atoms with Gasteiger partial charge >= 0.3 is 0 Å². The van der Waals surface area contributed by atoms with E-state index in [2.05, 4.69) is 28.8 Å². The molecule has 0 fully saturated rings. The maximum atomic E-state index is 4.34. The molecule has 0 saturated carbocycles. The number of rotatable bonds is 2. The van der Waals surface area contributed by atoms with Gasteiger partial charge in [-0.1, -0.05) is 0 Å². The highest BCUT2D eigenvalue weighted by atomic mass is 15.1. The van der Waals surface area contributed by atoms with Gasteiger partial charge in [-0.3, -0.25) is 4.98 Å². The molecule has 0 atom stereocenters. The minimum Gasteiger partial charge on any atom is -0.372 e. The van der Waals surface area contributed by atoms with Crippen LogP contribution in [0, 0.1) is 0 Å². The van der Waals surface area contributed by atoms with Crippen molar-refractivity contribution in [3.8, 4) is 0 Å². The average Bonchev–Trinajstić information content (AvgIpc) is 2.60. The van der Waals surface area contributed by atoms with Crippen LogP contribution in [0.1, 0.15) is 6.92 Å². The molecule has 0 aliphatic carbocycles. The molecule has 0 aromatic carbocycles. The molecule has 0 radical (unpaired) electrons. The average molecular weight is 175 g/mol. The fraction of sp³-hybridized carbons (Fsp3) is 0.300. The number of aromatic nitrogens is 2. The molecule has 2 aromatic heterocycles. The first-order valence-electron chi connectivity index (χ1n) is 4.46. The molecule has 0 aliphatic heterocycles. The first kappa shape index (κ1) is 8.10. The molecule has 68 valence electrons. The van der Waals surface area contributed by atoms with Gasteiger partial charge < -0.3 is 9.88 Å². The summed E-state index contributed by atoms with van der Waals surface area (Å²) in [5.74, 6) is 0. The van der Waals surface area contributed by atoms with Crippen molar-refractivity contribution in [1.82, 2.24) is 9.97 Å². The molecule has 3 nitrogen and oxygen atoms in total. The van der Waals surface area contributed by atoms with E-state index < -0.39 is 0 Å². The molecule has 0 spiro atoms. The van der Waals surface area contributed by atoms with Crippen LogP contribution in [0.3, 0.4) is 0 Å². The van der Waals surface area contributed by atoms with E-state index in [0.717, 1.165) is 23.3 Å². The summed E-state index contributed by atoms with van der Waals surface area (Å²) in [4.78, 5) is 9.71. The molecular formula is C10H13N3. The number of aromatic amines is 1. The number of H-pyrrole nitrogens is 1. The summed E-state index contributed by atoms with van der Waals surface area (Å²) < 4.78 is 0. The molecule has 2 rings (SSSR count). The van der Waals surface area contributed by atoms with Crippen molar-refractivity contribution in [2.45, 2.75) is 6.92 Å². The SMILES string of the molecule is CCN(C)c1c[nH]c2cccnc12. The Bertz CT molecular complexity index is 405. The fourth-order valence-corrected chi connectivity index (χ4v) is 1.40. The van der Waals surface area contributed by atoms with Gasteiger partial charge in [0.2, 0.25) is 0 Å². The smallest absolute Gasteiger partial charge is 0.111 e. The largest absolute Gasteiger partial charge is 0.372 e. The molecule has 0 amide bonds. The van der Waals surface area contributed by atoms with Crippen molar-refractivity contribution in [3.05, 3.63) is 24.5 Å². The van der Waals surface area contributed by atoms with Gasteiger partial charge in [-0.2, -0.15) is 0 Å². The minimum atomic E-state index is 0.990. The Hall–Kier alpha value is -1.51. The van der Waals surface area contributed by atoms with Gasteiger partial charge in [-0.05, 0) is 19.1 Å². The summed E-state index contributed by atoms with van der Waals surface area (Å²) in [6.45, 7) is 3.12. The van der Waals surface area contributed by atoms with E-state index >= 15 is 0 Å². The molecule has 13 heavy (non-hydrogen) atoms. The van der Waals surface area contributed by atoms with Crippen LogP contribution in [0.5, 0.6) is 0 Å². The molecule has 1 N–H and O–H groups in total. The molecule has 0 unspecified atom stereocenters. The van der Waals surface area contributed by atoms with Crippen molar-refractivity contribution >= 4 is 16.7 Å². The van der Waals surface area contributed by atoms with E-state index in [9.17, 15) is 0 Å². The number of anilines is 1. The molecular weight excluding hydrogens is 162 g/mol. The van der Waals surface area contributed by atoms with Gasteiger partial charge in [0.25, 0.3) is 0 Å². The second kappa shape index (κ2) is 3.09. The number of hydrogen-bond acceptors (Lipinski definition) is 2. The lowest BCUT2D eigenvalue weighted by molar-refractivity contribution is 0.971. The Kier molecular flexibility index (Phi) is 1.93. The lowest BCUT2D eigenvalue weighted by Gasteiger charge is -2.14. The number of nitrogens with zero attached hydrogens (tertiary/aromatic N) is 2. The highest BCUT2D eigenvalue weighted by Crippen LogP contribution is 2.22. The van der Waals surface area contributed by atoms with E-state index in [1.165, 1.54) is 0 Å². The van der Waals surface area contributed by atoms with Crippen LogP contribution in [0.15, 0.2) is 24.5 Å². The van der Waals surface area contributed by atoms with Gasteiger partial charge in [-0.25, -0.2) is 0 Å². The predicted octanol–water partition coefficient (Wildman–Crippen LogP) is 2.02. The lowest BCUT2D eigenvalue weighted by Crippen LogP contribution is -2.15. The Balaban J connectivity index is 2.57. The third-order valence-corrected chi connectivity index (χ3v) is 2.30. The summed E-state index contributed by atoms with van der Waals surface area (Å²) >= 11 is 0. The summed E-state index contributed by atoms with van der Waals surface area (Å²) in [6.07, 6.45) is 3.82. The first-order chi connectivity index (χ1) is 6.33. The first-order valence-corrected chi connectivity index (χ1v) is 4.46. The normalized spacial score (nSPS) is 10.6. The summed E-state index contributed by atoms with van der Waals surface area (Å²) in [5, 5.41) is 0. The third-order valence-electron chi connectivity index (χ3n) is 2.30. The fourth-order valence-electron chi connectivity index (χ4n) is 1.40. The van der Waals surface area contributed by atoms with Crippen LogP contribution in [0.4, 0.5) is 5.69 Å². The monoisotopic (exact) mass is 175 g/mol. The van der Waals surface area contributed by atoms with E-state index in [4.69, 9.17) is 0 Å². The van der Waals surface area contributed by atoms with Gasteiger partial charge in [0, 0.05) is 26.0 Å². The zero-order valence-corrected chi connectivity index (χ0v) is 7.91. The number of pyridine rings is 1. The van der Waals surface area contributed by atoms with Gasteiger partial charge in [-0.15, -0.1) is 0 Å². The van der Waals surface area contributed by atoms with Crippen LogP contribution >= 0.6 is 0 Å².